The molecule has 0 bridgehead atoms. The van der Waals surface area contributed by atoms with Gasteiger partial charge in [0.05, 0.1) is 0 Å². The van der Waals surface area contributed by atoms with E-state index in [0.29, 0.717) is 36.7 Å². The van der Waals surface area contributed by atoms with Crippen molar-refractivity contribution in [3.63, 3.8) is 0 Å². The summed E-state index contributed by atoms with van der Waals surface area (Å²) in [6.07, 6.45) is 5.29. The molecule has 1 unspecified atom stereocenters. The molecule has 3 fully saturated rings. The molecule has 1 saturated heterocycles. The van der Waals surface area contributed by atoms with Gasteiger partial charge < -0.3 is 10.6 Å². The van der Waals surface area contributed by atoms with Crippen LogP contribution in [0, 0.1) is 0 Å². The molecule has 3 amide bonds. The van der Waals surface area contributed by atoms with Crippen LogP contribution in [0.1, 0.15) is 60.0 Å². The van der Waals surface area contributed by atoms with Crippen molar-refractivity contribution in [1.29, 1.82) is 0 Å². The van der Waals surface area contributed by atoms with Crippen LogP contribution in [0.2, 0.25) is 0 Å². The molecular formula is C21H26N4O3. The van der Waals surface area contributed by atoms with Gasteiger partial charge in [-0.2, -0.15) is 0 Å². The third-order valence-electron chi connectivity index (χ3n) is 6.59. The lowest BCUT2D eigenvalue weighted by molar-refractivity contribution is -0.136. The third kappa shape index (κ3) is 3.12. The molecule has 0 spiro atoms. The van der Waals surface area contributed by atoms with Crippen LogP contribution in [0.4, 0.5) is 0 Å². The van der Waals surface area contributed by atoms with E-state index in [9.17, 15) is 14.4 Å². The summed E-state index contributed by atoms with van der Waals surface area (Å²) in [7, 11) is 0. The first-order chi connectivity index (χ1) is 13.5. The Labute approximate surface area is 164 Å². The van der Waals surface area contributed by atoms with Crippen LogP contribution in [-0.4, -0.2) is 51.7 Å². The lowest BCUT2D eigenvalue weighted by Gasteiger charge is -2.41. The van der Waals surface area contributed by atoms with Crippen LogP contribution < -0.4 is 11.1 Å². The Bertz CT molecular complexity index is 844. The number of amides is 3. The molecule has 2 saturated carbocycles. The Morgan fingerprint density at radius 2 is 1.89 bits per heavy atom. The molecule has 2 heterocycles. The van der Waals surface area contributed by atoms with Crippen LogP contribution in [0.25, 0.3) is 0 Å². The zero-order valence-corrected chi connectivity index (χ0v) is 15.9. The molecule has 7 heteroatoms. The molecule has 148 valence electrons. The normalized spacial score (nSPS) is 29.7. The number of carbonyl (C=O) groups excluding carboxylic acids is 3. The van der Waals surface area contributed by atoms with E-state index in [1.165, 1.54) is 12.8 Å². The van der Waals surface area contributed by atoms with E-state index in [1.54, 1.807) is 4.90 Å². The van der Waals surface area contributed by atoms with Crippen molar-refractivity contribution < 1.29 is 14.4 Å². The average molecular weight is 382 g/mol. The maximum atomic E-state index is 13.0. The van der Waals surface area contributed by atoms with Gasteiger partial charge in [0, 0.05) is 43.2 Å². The number of nitrogens with two attached hydrogens (primary N) is 1. The Kier molecular flexibility index (Phi) is 4.25. The zero-order valence-electron chi connectivity index (χ0n) is 15.9. The van der Waals surface area contributed by atoms with Crippen LogP contribution in [0.15, 0.2) is 18.2 Å². The number of hydrogen-bond donors (Lipinski definition) is 2. The quantitative estimate of drug-likeness (QED) is 0.738. The van der Waals surface area contributed by atoms with Gasteiger partial charge in [0.1, 0.15) is 6.04 Å². The third-order valence-corrected chi connectivity index (χ3v) is 6.59. The highest BCUT2D eigenvalue weighted by Gasteiger charge is 2.41. The van der Waals surface area contributed by atoms with Gasteiger partial charge in [-0.15, -0.1) is 0 Å². The molecule has 2 aliphatic heterocycles. The van der Waals surface area contributed by atoms with Crippen molar-refractivity contribution in [3.8, 4) is 0 Å². The van der Waals surface area contributed by atoms with Gasteiger partial charge in [-0.25, -0.2) is 0 Å². The largest absolute Gasteiger partial charge is 0.328 e. The Balaban J connectivity index is 1.32. The van der Waals surface area contributed by atoms with Gasteiger partial charge in [0.25, 0.3) is 5.91 Å². The fourth-order valence-corrected chi connectivity index (χ4v) is 4.77. The second kappa shape index (κ2) is 6.67. The van der Waals surface area contributed by atoms with E-state index >= 15 is 0 Å². The minimum absolute atomic E-state index is 0.102. The van der Waals surface area contributed by atoms with Crippen LogP contribution in [0.5, 0.6) is 0 Å². The summed E-state index contributed by atoms with van der Waals surface area (Å²) in [5, 5.41) is 2.35. The summed E-state index contributed by atoms with van der Waals surface area (Å²) in [5.74, 6) is -0.725. The van der Waals surface area contributed by atoms with E-state index in [0.717, 1.165) is 30.5 Å². The molecule has 2 aliphatic carbocycles. The monoisotopic (exact) mass is 382 g/mol. The second-order valence-corrected chi connectivity index (χ2v) is 8.68. The van der Waals surface area contributed by atoms with Gasteiger partial charge in [0.15, 0.2) is 0 Å². The molecule has 0 radical (unpaired) electrons. The number of benzene rings is 1. The van der Waals surface area contributed by atoms with Gasteiger partial charge in [-0.1, -0.05) is 12.1 Å². The minimum Gasteiger partial charge on any atom is -0.328 e. The van der Waals surface area contributed by atoms with E-state index in [2.05, 4.69) is 16.3 Å². The first-order valence-corrected chi connectivity index (χ1v) is 10.3. The maximum absolute atomic E-state index is 13.0. The van der Waals surface area contributed by atoms with Crippen molar-refractivity contribution >= 4 is 17.7 Å². The van der Waals surface area contributed by atoms with E-state index in [1.807, 2.05) is 12.1 Å². The smallest absolute Gasteiger partial charge is 0.255 e. The molecule has 4 aliphatic rings. The summed E-state index contributed by atoms with van der Waals surface area (Å²) < 4.78 is 0. The zero-order chi connectivity index (χ0) is 19.4. The average Bonchev–Trinajstić information content (AvgIpc) is 3.43. The highest BCUT2D eigenvalue weighted by molar-refractivity contribution is 6.05. The summed E-state index contributed by atoms with van der Waals surface area (Å²) in [4.78, 5) is 40.7. The molecule has 3 N–H and O–H groups in total. The number of rotatable bonds is 5. The van der Waals surface area contributed by atoms with Crippen molar-refractivity contribution in [2.75, 3.05) is 0 Å². The predicted molar refractivity (Wildman–Crippen MR) is 102 cm³/mol. The number of carbonyl (C=O) groups is 3. The Morgan fingerprint density at radius 3 is 2.57 bits per heavy atom. The number of hydrogen-bond acceptors (Lipinski definition) is 5. The summed E-state index contributed by atoms with van der Waals surface area (Å²) in [5.41, 5.74) is 8.79. The van der Waals surface area contributed by atoms with Gasteiger partial charge in [0.2, 0.25) is 11.8 Å². The van der Waals surface area contributed by atoms with Crippen molar-refractivity contribution in [2.45, 2.75) is 75.8 Å². The molecule has 28 heavy (non-hydrogen) atoms. The summed E-state index contributed by atoms with van der Waals surface area (Å²) in [6.45, 7) is 1.28. The molecule has 1 atom stereocenters. The molecule has 1 aromatic carbocycles. The number of nitrogens with zero attached hydrogens (tertiary/aromatic N) is 2. The molecule has 0 aromatic heterocycles. The SMILES string of the molecule is NC1CC(N(Cc2ccc3c(c2)C(=O)N(C2CCC(=O)NC2=O)C3)C2CC2)C1. The summed E-state index contributed by atoms with van der Waals surface area (Å²) >= 11 is 0. The topological polar surface area (TPSA) is 95.7 Å². The van der Waals surface area contributed by atoms with Crippen LogP contribution >= 0.6 is 0 Å². The minimum atomic E-state index is -0.555. The van der Waals surface area contributed by atoms with Crippen LogP contribution in [-0.2, 0) is 22.7 Å². The standard InChI is InChI=1S/C21H26N4O3/c22-14-8-16(9-14)24(15-3-4-15)10-12-1-2-13-11-25(21(28)17(13)7-12)18-5-6-19(26)23-20(18)27/h1-2,7,14-16,18H,3-6,8-11,22H2,(H,23,26,27). The fraction of sp³-hybridized carbons (Fsp3) is 0.571. The van der Waals surface area contributed by atoms with Crippen LogP contribution in [0.3, 0.4) is 0 Å². The number of imide groups is 1. The Hall–Kier alpha value is -2.25. The number of fused-ring (bicyclic) bond motifs is 1. The first kappa shape index (κ1) is 17.8. The van der Waals surface area contributed by atoms with E-state index < -0.39 is 6.04 Å². The van der Waals surface area contributed by atoms with Crippen molar-refractivity contribution in [3.05, 3.63) is 34.9 Å². The van der Waals surface area contributed by atoms with Crippen molar-refractivity contribution in [2.24, 2.45) is 5.73 Å². The summed E-state index contributed by atoms with van der Waals surface area (Å²) in [6, 6.07) is 7.11. The molecule has 5 rings (SSSR count). The first-order valence-electron chi connectivity index (χ1n) is 10.3. The lowest BCUT2D eigenvalue weighted by atomic mass is 9.86. The van der Waals surface area contributed by atoms with Gasteiger partial charge in [-0.05, 0) is 49.3 Å². The van der Waals surface area contributed by atoms with Gasteiger partial charge in [-0.3, -0.25) is 24.6 Å². The van der Waals surface area contributed by atoms with E-state index in [4.69, 9.17) is 5.73 Å². The lowest BCUT2D eigenvalue weighted by Crippen LogP contribution is -2.52. The Morgan fingerprint density at radius 1 is 1.11 bits per heavy atom. The molecule has 7 nitrogen and oxygen atoms in total. The number of piperidine rings is 1. The second-order valence-electron chi connectivity index (χ2n) is 8.68. The molecular weight excluding hydrogens is 356 g/mol. The fourth-order valence-electron chi connectivity index (χ4n) is 4.77. The van der Waals surface area contributed by atoms with Gasteiger partial charge >= 0.3 is 0 Å². The highest BCUT2D eigenvalue weighted by atomic mass is 16.2. The predicted octanol–water partition coefficient (Wildman–Crippen LogP) is 0.902. The maximum Gasteiger partial charge on any atom is 0.255 e. The highest BCUT2D eigenvalue weighted by Crippen LogP contribution is 2.37. The number of nitrogens with one attached hydrogen (secondary N) is 1. The van der Waals surface area contributed by atoms with Crippen molar-refractivity contribution in [1.82, 2.24) is 15.1 Å². The molecule has 1 aromatic rings. The van der Waals surface area contributed by atoms with E-state index in [-0.39, 0.29) is 24.1 Å².